The Kier molecular flexibility index (Phi) is 14.3. The number of fused-ring (bicyclic) bond motifs is 1. The first-order valence-corrected chi connectivity index (χ1v) is 16.8. The second kappa shape index (κ2) is 18.1. The van der Waals surface area contributed by atoms with Gasteiger partial charge in [0.05, 0.1) is 18.2 Å². The minimum atomic E-state index is -1.10. The molecule has 1 aliphatic rings. The van der Waals surface area contributed by atoms with Gasteiger partial charge in [0.25, 0.3) is 0 Å². The second-order valence-electron chi connectivity index (χ2n) is 13.1. The Morgan fingerprint density at radius 1 is 0.898 bits per heavy atom. The van der Waals surface area contributed by atoms with Crippen molar-refractivity contribution in [3.05, 3.63) is 48.0 Å². The largest absolute Gasteiger partial charge is 0.481 e. The van der Waals surface area contributed by atoms with Crippen molar-refractivity contribution in [3.63, 3.8) is 0 Å². The summed E-state index contributed by atoms with van der Waals surface area (Å²) in [6.45, 7) is 8.57. The van der Waals surface area contributed by atoms with E-state index in [1.54, 1.807) is 52.8 Å². The van der Waals surface area contributed by atoms with Crippen LogP contribution in [0.3, 0.4) is 0 Å². The average molecular weight is 681 g/mol. The van der Waals surface area contributed by atoms with E-state index in [0.717, 1.165) is 10.8 Å². The molecule has 0 aliphatic carbocycles. The van der Waals surface area contributed by atoms with E-state index in [9.17, 15) is 33.6 Å². The van der Waals surface area contributed by atoms with Crippen LogP contribution in [0.4, 0.5) is 0 Å². The third kappa shape index (κ3) is 10.8. The molecule has 0 radical (unpaired) electrons. The molecule has 13 nitrogen and oxygen atoms in total. The molecule has 1 aliphatic heterocycles. The molecule has 0 aromatic heterocycles. The fourth-order valence-corrected chi connectivity index (χ4v) is 5.70. The summed E-state index contributed by atoms with van der Waals surface area (Å²) < 4.78 is 5.80. The van der Waals surface area contributed by atoms with Crippen molar-refractivity contribution in [2.75, 3.05) is 6.54 Å². The molecule has 13 heteroatoms. The number of unbranched alkanes of at least 4 members (excludes halogenated alkanes) is 1. The second-order valence-corrected chi connectivity index (χ2v) is 13.1. The number of ether oxygens (including phenoxy) is 1. The predicted octanol–water partition coefficient (Wildman–Crippen LogP) is 2.99. The number of nitrogens with zero attached hydrogens (tertiary/aromatic N) is 1. The van der Waals surface area contributed by atoms with E-state index < -0.39 is 71.8 Å². The number of hydrogen-bond acceptors (Lipinski definition) is 8. The van der Waals surface area contributed by atoms with Crippen LogP contribution in [0.15, 0.2) is 42.5 Å². The van der Waals surface area contributed by atoms with Gasteiger partial charge in [0.1, 0.15) is 30.5 Å². The smallest absolute Gasteiger partial charge is 0.338 e. The van der Waals surface area contributed by atoms with E-state index in [1.807, 2.05) is 24.3 Å². The fraction of sp³-hybridized carbons (Fsp3) is 0.528. The van der Waals surface area contributed by atoms with Gasteiger partial charge in [-0.15, -0.1) is 0 Å². The molecule has 266 valence electrons. The lowest BCUT2D eigenvalue weighted by atomic mass is 9.98. The zero-order valence-electron chi connectivity index (χ0n) is 28.8. The molecule has 4 N–H and O–H groups in total. The third-order valence-electron chi connectivity index (χ3n) is 8.58. The van der Waals surface area contributed by atoms with Gasteiger partial charge in [-0.25, -0.2) is 4.79 Å². The van der Waals surface area contributed by atoms with E-state index in [4.69, 9.17) is 9.84 Å². The summed E-state index contributed by atoms with van der Waals surface area (Å²) in [7, 11) is 0. The highest BCUT2D eigenvalue weighted by molar-refractivity contribution is 5.97. The number of rotatable bonds is 17. The number of nitrogens with one attached hydrogen (secondary N) is 3. The lowest BCUT2D eigenvalue weighted by molar-refractivity contribution is -0.143. The summed E-state index contributed by atoms with van der Waals surface area (Å²) in [5.41, 5.74) is 0.312. The molecule has 49 heavy (non-hydrogen) atoms. The highest BCUT2D eigenvalue weighted by atomic mass is 16.5. The van der Waals surface area contributed by atoms with E-state index in [0.29, 0.717) is 31.1 Å². The zero-order chi connectivity index (χ0) is 36.2. The summed E-state index contributed by atoms with van der Waals surface area (Å²) >= 11 is 0. The van der Waals surface area contributed by atoms with E-state index in [2.05, 4.69) is 16.0 Å². The number of carbonyl (C=O) groups is 7. The summed E-state index contributed by atoms with van der Waals surface area (Å²) in [6.07, 6.45) is 0.723. The summed E-state index contributed by atoms with van der Waals surface area (Å²) in [4.78, 5) is 90.4. The van der Waals surface area contributed by atoms with Gasteiger partial charge >= 0.3 is 11.9 Å². The van der Waals surface area contributed by atoms with Crippen molar-refractivity contribution in [1.82, 2.24) is 20.9 Å². The van der Waals surface area contributed by atoms with Crippen LogP contribution in [0, 0.1) is 11.8 Å². The van der Waals surface area contributed by atoms with Crippen molar-refractivity contribution < 1.29 is 43.4 Å². The number of esters is 1. The highest BCUT2D eigenvalue weighted by Crippen LogP contribution is 2.25. The van der Waals surface area contributed by atoms with Crippen molar-refractivity contribution in [2.24, 2.45) is 11.8 Å². The molecule has 0 bridgehead atoms. The maximum absolute atomic E-state index is 14.1. The van der Waals surface area contributed by atoms with Crippen molar-refractivity contribution in [1.29, 1.82) is 0 Å². The number of aldehydes is 1. The fourth-order valence-electron chi connectivity index (χ4n) is 5.70. The van der Waals surface area contributed by atoms with Gasteiger partial charge in [-0.1, -0.05) is 65.0 Å². The lowest BCUT2D eigenvalue weighted by Crippen LogP contribution is -2.59. The Labute approximate surface area is 286 Å². The van der Waals surface area contributed by atoms with Crippen LogP contribution in [-0.2, 0) is 33.5 Å². The first kappa shape index (κ1) is 38.6. The Morgan fingerprint density at radius 2 is 1.55 bits per heavy atom. The van der Waals surface area contributed by atoms with Gasteiger partial charge in [-0.2, -0.15) is 0 Å². The van der Waals surface area contributed by atoms with Gasteiger partial charge in [0, 0.05) is 19.3 Å². The van der Waals surface area contributed by atoms with Crippen LogP contribution in [0.25, 0.3) is 10.8 Å². The highest BCUT2D eigenvalue weighted by Gasteiger charge is 2.45. The minimum absolute atomic E-state index is 0.0164. The first-order chi connectivity index (χ1) is 23.2. The normalized spacial score (nSPS) is 17.7. The number of hydrogen-bond donors (Lipinski definition) is 4. The maximum atomic E-state index is 14.1. The Morgan fingerprint density at radius 3 is 2.16 bits per heavy atom. The molecule has 1 saturated heterocycles. The van der Waals surface area contributed by atoms with Gasteiger partial charge in [-0.05, 0) is 54.0 Å². The molecule has 0 spiro atoms. The van der Waals surface area contributed by atoms with Crippen molar-refractivity contribution in [3.8, 4) is 0 Å². The quantitative estimate of drug-likeness (QED) is 0.111. The van der Waals surface area contributed by atoms with E-state index >= 15 is 0 Å². The standard InChI is InChI=1S/C36H48N4O9/c1-6-26(20-41)37-33(45)28-18-27(49-36(48)25-16-15-23-11-7-8-12-24(23)17-25)19-40(28)35(47)32(22(4)5)39-34(46)31(21(2)3)38-29(42)13-9-10-14-30(43)44/h7-8,11-12,15-17,20-22,26-28,31-32H,6,9-10,13-14,18-19H2,1-5H3,(H,37,45)(H,38,42)(H,39,46)(H,43,44)/t26?,27-,28+,31+,32+/m1/s1. The van der Waals surface area contributed by atoms with Crippen LogP contribution >= 0.6 is 0 Å². The molecule has 1 heterocycles. The summed E-state index contributed by atoms with van der Waals surface area (Å²) in [5, 5.41) is 18.7. The average Bonchev–Trinajstić information content (AvgIpc) is 3.49. The van der Waals surface area contributed by atoms with Gasteiger partial charge < -0.3 is 35.5 Å². The van der Waals surface area contributed by atoms with Crippen LogP contribution < -0.4 is 16.0 Å². The molecular weight excluding hydrogens is 632 g/mol. The molecule has 5 atom stereocenters. The van der Waals surface area contributed by atoms with Gasteiger partial charge in [-0.3, -0.25) is 24.0 Å². The summed E-state index contributed by atoms with van der Waals surface area (Å²) in [5.74, 6) is -4.51. The van der Waals surface area contributed by atoms with E-state index in [-0.39, 0.29) is 31.7 Å². The lowest BCUT2D eigenvalue weighted by Gasteiger charge is -2.32. The molecule has 0 saturated carbocycles. The molecule has 4 amide bonds. The monoisotopic (exact) mass is 680 g/mol. The Bertz CT molecular complexity index is 1520. The minimum Gasteiger partial charge on any atom is -0.481 e. The summed E-state index contributed by atoms with van der Waals surface area (Å²) in [6, 6.07) is 8.77. The predicted molar refractivity (Wildman–Crippen MR) is 181 cm³/mol. The number of aliphatic carboxylic acids is 1. The van der Waals surface area contributed by atoms with Gasteiger partial charge in [0.2, 0.25) is 23.6 Å². The number of amides is 4. The molecule has 2 aromatic rings. The van der Waals surface area contributed by atoms with Crippen molar-refractivity contribution in [2.45, 2.75) is 103 Å². The number of carboxylic acid groups (broad SMARTS) is 1. The van der Waals surface area contributed by atoms with E-state index in [1.165, 1.54) is 4.90 Å². The topological polar surface area (TPSA) is 188 Å². The zero-order valence-corrected chi connectivity index (χ0v) is 28.8. The van der Waals surface area contributed by atoms with Crippen LogP contribution in [0.5, 0.6) is 0 Å². The van der Waals surface area contributed by atoms with Crippen LogP contribution in [0.1, 0.15) is 83.5 Å². The number of benzene rings is 2. The van der Waals surface area contributed by atoms with Gasteiger partial charge in [0.15, 0.2) is 0 Å². The van der Waals surface area contributed by atoms with Crippen LogP contribution in [0.2, 0.25) is 0 Å². The maximum Gasteiger partial charge on any atom is 0.338 e. The third-order valence-corrected chi connectivity index (χ3v) is 8.58. The number of carbonyl (C=O) groups excluding carboxylic acids is 6. The Hall–Kier alpha value is -4.81. The molecule has 3 rings (SSSR count). The molecule has 2 aromatic carbocycles. The number of carboxylic acids is 1. The van der Waals surface area contributed by atoms with Crippen LogP contribution in [-0.4, -0.2) is 88.7 Å². The Balaban J connectivity index is 1.79. The molecule has 1 fully saturated rings. The first-order valence-electron chi connectivity index (χ1n) is 16.8. The molecular formula is C36H48N4O9. The molecule has 1 unspecified atom stereocenters. The number of likely N-dealkylation sites (tertiary alicyclic amines) is 1. The van der Waals surface area contributed by atoms with Crippen molar-refractivity contribution >= 4 is 52.6 Å². The SMILES string of the molecule is CCC(C=O)NC(=O)[C@@H]1C[C@@H](OC(=O)c2ccc3ccccc3c2)CN1C(=O)[C@@H](NC(=O)[C@@H](NC(=O)CCCCC(=O)O)C(C)C)C(C)C.